The maximum atomic E-state index is 12.4. The maximum absolute atomic E-state index is 12.4. The number of amides is 1. The molecule has 124 valence electrons. The van der Waals surface area contributed by atoms with Gasteiger partial charge < -0.3 is 9.32 Å². The highest BCUT2D eigenvalue weighted by atomic mass is 16.3. The van der Waals surface area contributed by atoms with Crippen LogP contribution in [0.1, 0.15) is 22.3 Å². The van der Waals surface area contributed by atoms with Crippen molar-refractivity contribution in [3.05, 3.63) is 34.6 Å². The number of aryl methyl sites for hydroxylation is 3. The summed E-state index contributed by atoms with van der Waals surface area (Å²) in [6.07, 6.45) is 2.08. The highest BCUT2D eigenvalue weighted by Crippen LogP contribution is 2.30. The molecule has 5 heteroatoms. The molecule has 0 radical (unpaired) electrons. The van der Waals surface area contributed by atoms with Crippen molar-refractivity contribution in [2.45, 2.75) is 27.2 Å². The quantitative estimate of drug-likeness (QED) is 0.943. The van der Waals surface area contributed by atoms with Gasteiger partial charge in [-0.25, -0.2) is 5.01 Å². The molecule has 1 N–H and O–H groups in total. The Kier molecular flexibility index (Phi) is 4.41. The van der Waals surface area contributed by atoms with Crippen LogP contribution in [0.4, 0.5) is 0 Å². The summed E-state index contributed by atoms with van der Waals surface area (Å²) in [5.74, 6) is 0.0230. The Morgan fingerprint density at radius 1 is 1.17 bits per heavy atom. The first kappa shape index (κ1) is 16.0. The Balaban J connectivity index is 1.74. The van der Waals surface area contributed by atoms with E-state index in [9.17, 15) is 4.79 Å². The van der Waals surface area contributed by atoms with Crippen molar-refractivity contribution < 1.29 is 9.21 Å². The van der Waals surface area contributed by atoms with Gasteiger partial charge in [-0.15, -0.1) is 0 Å². The van der Waals surface area contributed by atoms with E-state index in [0.717, 1.165) is 48.3 Å². The van der Waals surface area contributed by atoms with Gasteiger partial charge in [-0.3, -0.25) is 10.2 Å². The second-order valence-electron chi connectivity index (χ2n) is 6.60. The van der Waals surface area contributed by atoms with E-state index in [1.807, 2.05) is 5.01 Å². The van der Waals surface area contributed by atoms with E-state index < -0.39 is 0 Å². The van der Waals surface area contributed by atoms with Gasteiger partial charge in [0.05, 0.1) is 12.7 Å². The molecule has 23 heavy (non-hydrogen) atoms. The molecule has 0 spiro atoms. The first-order chi connectivity index (χ1) is 11.0. The summed E-state index contributed by atoms with van der Waals surface area (Å²) in [6, 6.07) is 2.16. The summed E-state index contributed by atoms with van der Waals surface area (Å²) in [7, 11) is 2.10. The van der Waals surface area contributed by atoms with Crippen molar-refractivity contribution in [3.8, 4) is 0 Å². The van der Waals surface area contributed by atoms with Crippen LogP contribution < -0.4 is 5.43 Å². The van der Waals surface area contributed by atoms with Crippen LogP contribution in [0.15, 0.2) is 16.7 Å². The Morgan fingerprint density at radius 3 is 2.57 bits per heavy atom. The van der Waals surface area contributed by atoms with Crippen LogP contribution in [0, 0.1) is 20.8 Å². The average molecular weight is 315 g/mol. The molecule has 0 atom stereocenters. The molecule has 0 aliphatic carbocycles. The van der Waals surface area contributed by atoms with Crippen molar-refractivity contribution in [1.82, 2.24) is 15.3 Å². The number of hydrazine groups is 1. The minimum atomic E-state index is 0.0230. The van der Waals surface area contributed by atoms with Crippen molar-refractivity contribution in [2.75, 3.05) is 33.2 Å². The third-order valence-electron chi connectivity index (χ3n) is 4.76. The van der Waals surface area contributed by atoms with E-state index in [2.05, 4.69) is 44.2 Å². The van der Waals surface area contributed by atoms with Gasteiger partial charge >= 0.3 is 0 Å². The van der Waals surface area contributed by atoms with Gasteiger partial charge in [0.2, 0.25) is 5.91 Å². The van der Waals surface area contributed by atoms with Crippen molar-refractivity contribution in [2.24, 2.45) is 0 Å². The summed E-state index contributed by atoms with van der Waals surface area (Å²) >= 11 is 0. The van der Waals surface area contributed by atoms with Gasteiger partial charge in [0.25, 0.3) is 0 Å². The number of piperazine rings is 1. The van der Waals surface area contributed by atoms with E-state index >= 15 is 0 Å². The summed E-state index contributed by atoms with van der Waals surface area (Å²) in [6.45, 7) is 9.92. The standard InChI is InChI=1S/C18H25N3O2/c1-12-9-13(2)17-15(11-23-18(17)14(12)3)10-16(22)19-21-7-5-20(4)6-8-21/h9,11H,5-8,10H2,1-4H3,(H,19,22). The van der Waals surface area contributed by atoms with Crippen LogP contribution in [0.25, 0.3) is 11.0 Å². The normalized spacial score (nSPS) is 16.9. The van der Waals surface area contributed by atoms with E-state index in [0.29, 0.717) is 6.42 Å². The molecular formula is C18H25N3O2. The largest absolute Gasteiger partial charge is 0.464 e. The molecule has 2 heterocycles. The number of carbonyl (C=O) groups is 1. The smallest absolute Gasteiger partial charge is 0.238 e. The zero-order chi connectivity index (χ0) is 16.6. The number of likely N-dealkylation sites (N-methyl/N-ethyl adjacent to an activating group) is 1. The minimum absolute atomic E-state index is 0.0230. The lowest BCUT2D eigenvalue weighted by Gasteiger charge is -2.32. The summed E-state index contributed by atoms with van der Waals surface area (Å²) < 4.78 is 5.75. The number of nitrogens with one attached hydrogen (secondary N) is 1. The highest BCUT2D eigenvalue weighted by Gasteiger charge is 2.18. The van der Waals surface area contributed by atoms with Gasteiger partial charge in [-0.1, -0.05) is 6.07 Å². The number of carbonyl (C=O) groups excluding carboxylic acids is 1. The molecule has 0 unspecified atom stereocenters. The first-order valence-corrected chi connectivity index (χ1v) is 8.15. The lowest BCUT2D eigenvalue weighted by molar-refractivity contribution is -0.126. The molecule has 0 bridgehead atoms. The molecule has 5 nitrogen and oxygen atoms in total. The zero-order valence-electron chi connectivity index (χ0n) is 14.4. The molecule has 1 amide bonds. The van der Waals surface area contributed by atoms with Crippen molar-refractivity contribution >= 4 is 16.9 Å². The van der Waals surface area contributed by atoms with Gasteiger partial charge in [-0.05, 0) is 44.5 Å². The number of nitrogens with zero attached hydrogens (tertiary/aromatic N) is 2. The number of hydrogen-bond donors (Lipinski definition) is 1. The van der Waals surface area contributed by atoms with Gasteiger partial charge in [0.1, 0.15) is 5.58 Å². The molecule has 1 aliphatic rings. The maximum Gasteiger partial charge on any atom is 0.238 e. The van der Waals surface area contributed by atoms with Gasteiger partial charge in [-0.2, -0.15) is 0 Å². The Hall–Kier alpha value is -1.85. The number of hydrogen-bond acceptors (Lipinski definition) is 4. The number of rotatable bonds is 3. The third-order valence-corrected chi connectivity index (χ3v) is 4.76. The molecule has 3 rings (SSSR count). The monoisotopic (exact) mass is 315 g/mol. The van der Waals surface area contributed by atoms with Crippen LogP contribution in [0.5, 0.6) is 0 Å². The van der Waals surface area contributed by atoms with Gasteiger partial charge in [0.15, 0.2) is 0 Å². The number of furan rings is 1. The van der Waals surface area contributed by atoms with E-state index in [1.54, 1.807) is 6.26 Å². The first-order valence-electron chi connectivity index (χ1n) is 8.15. The SMILES string of the molecule is Cc1cc(C)c2c(CC(=O)NN3CCN(C)CC3)coc2c1C. The second-order valence-corrected chi connectivity index (χ2v) is 6.60. The molecule has 1 aromatic carbocycles. The molecule has 1 aliphatic heterocycles. The lowest BCUT2D eigenvalue weighted by atomic mass is 9.99. The second kappa shape index (κ2) is 6.34. The fraction of sp³-hybridized carbons (Fsp3) is 0.500. The minimum Gasteiger partial charge on any atom is -0.464 e. The molecular weight excluding hydrogens is 290 g/mol. The van der Waals surface area contributed by atoms with Crippen molar-refractivity contribution in [3.63, 3.8) is 0 Å². The Bertz CT molecular complexity index is 727. The van der Waals surface area contributed by atoms with Crippen molar-refractivity contribution in [1.29, 1.82) is 0 Å². The Labute approximate surface area is 137 Å². The Morgan fingerprint density at radius 2 is 1.87 bits per heavy atom. The third kappa shape index (κ3) is 3.26. The predicted octanol–water partition coefficient (Wildman–Crippen LogP) is 2.18. The van der Waals surface area contributed by atoms with E-state index in [1.165, 1.54) is 11.1 Å². The molecule has 1 fully saturated rings. The van der Waals surface area contributed by atoms with E-state index in [4.69, 9.17) is 4.42 Å². The molecule has 1 saturated heterocycles. The highest BCUT2D eigenvalue weighted by molar-refractivity contribution is 5.91. The van der Waals surface area contributed by atoms with Crippen LogP contribution in [0.2, 0.25) is 0 Å². The summed E-state index contributed by atoms with van der Waals surface area (Å²) in [5.41, 5.74) is 8.42. The summed E-state index contributed by atoms with van der Waals surface area (Å²) in [5, 5.41) is 3.09. The fourth-order valence-electron chi connectivity index (χ4n) is 3.22. The molecule has 0 saturated carbocycles. The molecule has 2 aromatic rings. The van der Waals surface area contributed by atoms with Gasteiger partial charge in [0, 0.05) is 37.1 Å². The van der Waals surface area contributed by atoms with Crippen LogP contribution in [-0.4, -0.2) is 49.0 Å². The van der Waals surface area contributed by atoms with E-state index in [-0.39, 0.29) is 5.91 Å². The van der Waals surface area contributed by atoms with Crippen LogP contribution in [0.3, 0.4) is 0 Å². The average Bonchev–Trinajstić information content (AvgIpc) is 2.91. The summed E-state index contributed by atoms with van der Waals surface area (Å²) in [4.78, 5) is 14.6. The number of benzene rings is 1. The van der Waals surface area contributed by atoms with Crippen LogP contribution >= 0.6 is 0 Å². The predicted molar refractivity (Wildman–Crippen MR) is 91.3 cm³/mol. The topological polar surface area (TPSA) is 48.7 Å². The zero-order valence-corrected chi connectivity index (χ0v) is 14.4. The molecule has 1 aromatic heterocycles. The number of fused-ring (bicyclic) bond motifs is 1. The fourth-order valence-corrected chi connectivity index (χ4v) is 3.22. The lowest BCUT2D eigenvalue weighted by Crippen LogP contribution is -2.52. The van der Waals surface area contributed by atoms with Crippen LogP contribution in [-0.2, 0) is 11.2 Å².